The Morgan fingerprint density at radius 2 is 1.71 bits per heavy atom. The van der Waals surface area contributed by atoms with Crippen LogP contribution in [0.4, 0.5) is 10.1 Å². The number of rotatable bonds is 4. The Hall–Kier alpha value is -4.38. The van der Waals surface area contributed by atoms with Crippen LogP contribution in [0.3, 0.4) is 0 Å². The summed E-state index contributed by atoms with van der Waals surface area (Å²) in [6.07, 6.45) is 1.84. The summed E-state index contributed by atoms with van der Waals surface area (Å²) in [7, 11) is 1.84. The van der Waals surface area contributed by atoms with Gasteiger partial charge in [-0.3, -0.25) is 9.59 Å². The topological polar surface area (TPSA) is 74.3 Å². The molecular weight excluding hydrogens is 445 g/mol. The van der Waals surface area contributed by atoms with E-state index >= 15 is 0 Å². The number of nitriles is 1. The summed E-state index contributed by atoms with van der Waals surface area (Å²) in [4.78, 5) is 30.2. The molecule has 1 aliphatic heterocycles. The molecule has 0 N–H and O–H groups in total. The summed E-state index contributed by atoms with van der Waals surface area (Å²) in [6, 6.07) is 19.3. The van der Waals surface area contributed by atoms with Crippen LogP contribution in [0.15, 0.2) is 71.7 Å². The van der Waals surface area contributed by atoms with Crippen LogP contribution in [0.1, 0.15) is 21.6 Å². The number of aromatic nitrogens is 2. The van der Waals surface area contributed by atoms with Crippen molar-refractivity contribution in [3.8, 4) is 6.07 Å². The van der Waals surface area contributed by atoms with Crippen molar-refractivity contribution < 1.29 is 9.18 Å². The average Bonchev–Trinajstić information content (AvgIpc) is 3.32. The lowest BCUT2D eigenvalue weighted by atomic mass is 10.1. The highest BCUT2D eigenvalue weighted by molar-refractivity contribution is 5.96. The van der Waals surface area contributed by atoms with E-state index in [0.717, 1.165) is 10.9 Å². The molecule has 1 aliphatic rings. The number of para-hydroxylation sites is 1. The molecule has 0 saturated carbocycles. The van der Waals surface area contributed by atoms with Gasteiger partial charge >= 0.3 is 0 Å². The van der Waals surface area contributed by atoms with Gasteiger partial charge in [-0.1, -0.05) is 30.3 Å². The fourth-order valence-electron chi connectivity index (χ4n) is 4.73. The van der Waals surface area contributed by atoms with Crippen molar-refractivity contribution in [1.29, 1.82) is 5.26 Å². The van der Waals surface area contributed by atoms with Crippen molar-refractivity contribution in [1.82, 2.24) is 14.0 Å². The van der Waals surface area contributed by atoms with E-state index in [-0.39, 0.29) is 29.4 Å². The molecule has 5 rings (SSSR count). The minimum atomic E-state index is -0.382. The first kappa shape index (κ1) is 22.4. The van der Waals surface area contributed by atoms with Gasteiger partial charge in [0.05, 0.1) is 17.7 Å². The number of carbonyl (C=O) groups excluding carboxylic acids is 1. The molecule has 1 fully saturated rings. The first-order valence-electron chi connectivity index (χ1n) is 11.4. The third kappa shape index (κ3) is 4.06. The Labute approximate surface area is 201 Å². The summed E-state index contributed by atoms with van der Waals surface area (Å²) in [5, 5.41) is 10.8. The molecule has 1 saturated heterocycles. The first-order chi connectivity index (χ1) is 17.0. The highest BCUT2D eigenvalue weighted by Gasteiger charge is 2.27. The first-order valence-corrected chi connectivity index (χ1v) is 11.4. The summed E-state index contributed by atoms with van der Waals surface area (Å²) in [5.41, 5.74) is 2.40. The van der Waals surface area contributed by atoms with E-state index < -0.39 is 0 Å². The number of fused-ring (bicyclic) bond motifs is 1. The summed E-state index contributed by atoms with van der Waals surface area (Å²) < 4.78 is 16.7. The molecule has 4 aromatic rings. The second kappa shape index (κ2) is 9.11. The quantitative estimate of drug-likeness (QED) is 0.459. The van der Waals surface area contributed by atoms with Gasteiger partial charge in [0.25, 0.3) is 11.5 Å². The van der Waals surface area contributed by atoms with E-state index in [2.05, 4.69) is 6.07 Å². The van der Waals surface area contributed by atoms with Crippen molar-refractivity contribution in [2.75, 3.05) is 31.1 Å². The van der Waals surface area contributed by atoms with E-state index in [4.69, 9.17) is 0 Å². The molecule has 2 aromatic heterocycles. The largest absolute Gasteiger partial charge is 0.366 e. The van der Waals surface area contributed by atoms with Gasteiger partial charge in [0.1, 0.15) is 23.1 Å². The van der Waals surface area contributed by atoms with E-state index in [1.54, 1.807) is 32.2 Å². The number of hydrogen-bond acceptors (Lipinski definition) is 4. The third-order valence-corrected chi connectivity index (χ3v) is 6.56. The number of piperazine rings is 1. The fourth-order valence-corrected chi connectivity index (χ4v) is 4.73. The highest BCUT2D eigenvalue weighted by Crippen LogP contribution is 2.30. The lowest BCUT2D eigenvalue weighted by Crippen LogP contribution is -2.49. The fraction of sp³-hybridized carbons (Fsp3) is 0.222. The van der Waals surface area contributed by atoms with Crippen LogP contribution in [0, 0.1) is 17.1 Å². The molecule has 7 nitrogen and oxygen atoms in total. The molecule has 0 spiro atoms. The SMILES string of the molecule is Cn1cccc1C(=O)N1CCN(c2c(C#N)c(=O)n(Cc3ccc(F)cc3)c3ccccc23)CC1. The Morgan fingerprint density at radius 3 is 2.37 bits per heavy atom. The maximum atomic E-state index is 13.5. The minimum absolute atomic E-state index is 0.0303. The Kier molecular flexibility index (Phi) is 5.83. The molecule has 0 unspecified atom stereocenters. The maximum Gasteiger partial charge on any atom is 0.271 e. The monoisotopic (exact) mass is 469 g/mol. The standard InChI is InChI=1S/C27H24FN5O2/c1-30-12-4-7-24(30)27(35)32-15-13-31(14-16-32)25-21-5-2-3-6-23(21)33(26(34)22(25)17-29)18-19-8-10-20(28)11-9-19/h2-12H,13-16,18H2,1H3. The van der Waals surface area contributed by atoms with Gasteiger partial charge in [-0.05, 0) is 35.9 Å². The average molecular weight is 470 g/mol. The lowest BCUT2D eigenvalue weighted by Gasteiger charge is -2.37. The normalized spacial score (nSPS) is 13.7. The Bertz CT molecular complexity index is 1510. The number of hydrogen-bond donors (Lipinski definition) is 0. The number of halogens is 1. The second-order valence-electron chi connectivity index (χ2n) is 8.65. The molecule has 0 bridgehead atoms. The number of pyridine rings is 1. The zero-order valence-electron chi connectivity index (χ0n) is 19.3. The number of nitrogens with zero attached hydrogens (tertiary/aromatic N) is 5. The third-order valence-electron chi connectivity index (χ3n) is 6.56. The number of aryl methyl sites for hydroxylation is 1. The molecule has 35 heavy (non-hydrogen) atoms. The number of amides is 1. The van der Waals surface area contributed by atoms with Gasteiger partial charge in [0.2, 0.25) is 0 Å². The van der Waals surface area contributed by atoms with Crippen molar-refractivity contribution in [3.05, 3.63) is 99.9 Å². The molecule has 2 aromatic carbocycles. The van der Waals surface area contributed by atoms with E-state index in [1.807, 2.05) is 48.5 Å². The molecule has 1 amide bonds. The molecule has 0 radical (unpaired) electrons. The van der Waals surface area contributed by atoms with Gasteiger partial charge in [-0.25, -0.2) is 4.39 Å². The predicted molar refractivity (Wildman–Crippen MR) is 132 cm³/mol. The highest BCUT2D eigenvalue weighted by atomic mass is 19.1. The molecule has 3 heterocycles. The lowest BCUT2D eigenvalue weighted by molar-refractivity contribution is 0.0737. The maximum absolute atomic E-state index is 13.5. The summed E-state index contributed by atoms with van der Waals surface area (Å²) >= 11 is 0. The smallest absolute Gasteiger partial charge is 0.271 e. The molecule has 176 valence electrons. The van der Waals surface area contributed by atoms with Crippen LogP contribution >= 0.6 is 0 Å². The molecule has 0 atom stereocenters. The zero-order valence-corrected chi connectivity index (χ0v) is 19.3. The van der Waals surface area contributed by atoms with Crippen LogP contribution in [0.5, 0.6) is 0 Å². The number of anilines is 1. The van der Waals surface area contributed by atoms with Gasteiger partial charge in [0.15, 0.2) is 0 Å². The number of carbonyl (C=O) groups is 1. The summed E-state index contributed by atoms with van der Waals surface area (Å²) in [5.74, 6) is -0.374. The van der Waals surface area contributed by atoms with Gasteiger partial charge in [-0.2, -0.15) is 5.26 Å². The minimum Gasteiger partial charge on any atom is -0.366 e. The van der Waals surface area contributed by atoms with Crippen molar-refractivity contribution in [2.45, 2.75) is 6.54 Å². The van der Waals surface area contributed by atoms with Crippen LogP contribution in [-0.2, 0) is 13.6 Å². The second-order valence-corrected chi connectivity index (χ2v) is 8.65. The van der Waals surface area contributed by atoms with Crippen molar-refractivity contribution in [3.63, 3.8) is 0 Å². The van der Waals surface area contributed by atoms with Crippen molar-refractivity contribution >= 4 is 22.5 Å². The number of benzene rings is 2. The van der Waals surface area contributed by atoms with Gasteiger partial charge in [0, 0.05) is 44.8 Å². The zero-order chi connectivity index (χ0) is 24.5. The van der Waals surface area contributed by atoms with E-state index in [9.17, 15) is 19.2 Å². The van der Waals surface area contributed by atoms with Crippen LogP contribution in [0.25, 0.3) is 10.9 Å². The summed E-state index contributed by atoms with van der Waals surface area (Å²) in [6.45, 7) is 2.23. The van der Waals surface area contributed by atoms with Crippen LogP contribution < -0.4 is 10.5 Å². The Balaban J connectivity index is 1.50. The molecule has 8 heteroatoms. The van der Waals surface area contributed by atoms with Crippen molar-refractivity contribution in [2.24, 2.45) is 7.05 Å². The van der Waals surface area contributed by atoms with E-state index in [1.165, 1.54) is 12.1 Å². The van der Waals surface area contributed by atoms with E-state index in [0.29, 0.717) is 43.1 Å². The Morgan fingerprint density at radius 1 is 1.00 bits per heavy atom. The molecule has 0 aliphatic carbocycles. The van der Waals surface area contributed by atoms with Gasteiger partial charge < -0.3 is 18.9 Å². The molecular formula is C27H24FN5O2. The van der Waals surface area contributed by atoms with Crippen LogP contribution in [0.2, 0.25) is 0 Å². The van der Waals surface area contributed by atoms with Gasteiger partial charge in [-0.15, -0.1) is 0 Å². The predicted octanol–water partition coefficient (Wildman–Crippen LogP) is 3.36. The van der Waals surface area contributed by atoms with Crippen LogP contribution in [-0.4, -0.2) is 46.1 Å².